The van der Waals surface area contributed by atoms with Gasteiger partial charge in [0.15, 0.2) is 0 Å². The van der Waals surface area contributed by atoms with E-state index in [1.165, 1.54) is 13.2 Å². The maximum Gasteiger partial charge on any atom is 0.410 e. The second kappa shape index (κ2) is 8.07. The summed E-state index contributed by atoms with van der Waals surface area (Å²) in [5, 5.41) is 0. The molecule has 182 valence electrons. The van der Waals surface area contributed by atoms with Gasteiger partial charge in [0.05, 0.1) is 7.11 Å². The zero-order chi connectivity index (χ0) is 25.0. The van der Waals surface area contributed by atoms with Gasteiger partial charge in [0.1, 0.15) is 23.2 Å². The molecule has 2 saturated heterocycles. The van der Waals surface area contributed by atoms with Crippen molar-refractivity contribution >= 4 is 12.1 Å². The van der Waals surface area contributed by atoms with E-state index in [0.29, 0.717) is 0 Å². The number of carbonyl (C=O) groups is 2. The number of fused-ring (bicyclic) bond motifs is 8. The van der Waals surface area contributed by atoms with E-state index in [4.69, 9.17) is 14.2 Å². The third-order valence-electron chi connectivity index (χ3n) is 8.09. The summed E-state index contributed by atoms with van der Waals surface area (Å²) in [6.07, 6.45) is 1.05. The molecule has 0 spiro atoms. The van der Waals surface area contributed by atoms with Crippen molar-refractivity contribution in [2.45, 2.75) is 11.2 Å². The Morgan fingerprint density at radius 2 is 1.58 bits per heavy atom. The summed E-state index contributed by atoms with van der Waals surface area (Å²) in [5.41, 5.74) is 0.396. The maximum absolute atomic E-state index is 14.1. The third kappa shape index (κ3) is 2.60. The molecule has 0 unspecified atom stereocenters. The van der Waals surface area contributed by atoms with Crippen LogP contribution >= 0.6 is 0 Å². The fraction of sp³-hybridized carbons (Fsp3) is 0.267. The molecule has 3 aliphatic heterocycles. The largest absolute Gasteiger partial charge is 0.468 e. The van der Waals surface area contributed by atoms with Crippen molar-refractivity contribution in [1.29, 1.82) is 0 Å². The van der Waals surface area contributed by atoms with Gasteiger partial charge in [-0.15, -0.1) is 0 Å². The van der Waals surface area contributed by atoms with Gasteiger partial charge in [0.2, 0.25) is 0 Å². The number of carbonyl (C=O) groups excluding carboxylic acids is 2. The highest BCUT2D eigenvalue weighted by atomic mass is 16.6. The third-order valence-corrected chi connectivity index (χ3v) is 8.09. The van der Waals surface area contributed by atoms with Crippen LogP contribution < -0.4 is 0 Å². The number of likely N-dealkylation sites (tertiary alicyclic amines) is 1. The smallest absolute Gasteiger partial charge is 0.410 e. The van der Waals surface area contributed by atoms with Crippen LogP contribution in [0.15, 0.2) is 97.6 Å². The second-order valence-corrected chi connectivity index (χ2v) is 9.56. The van der Waals surface area contributed by atoms with E-state index in [9.17, 15) is 9.59 Å². The second-order valence-electron chi connectivity index (χ2n) is 9.56. The fourth-order valence-electron chi connectivity index (χ4n) is 6.88. The molecule has 6 heteroatoms. The summed E-state index contributed by atoms with van der Waals surface area (Å²) in [5.74, 6) is -0.811. The molecule has 0 saturated carbocycles. The Morgan fingerprint density at radius 3 is 2.22 bits per heavy atom. The molecule has 3 aromatic rings. The van der Waals surface area contributed by atoms with Gasteiger partial charge in [-0.1, -0.05) is 97.6 Å². The summed E-state index contributed by atoms with van der Waals surface area (Å²) in [6, 6.07) is 27.9. The monoisotopic (exact) mass is 481 g/mol. The Bertz CT molecular complexity index is 1340. The first-order chi connectivity index (χ1) is 17.6. The van der Waals surface area contributed by atoms with Gasteiger partial charge >= 0.3 is 12.1 Å². The van der Waals surface area contributed by atoms with E-state index < -0.39 is 34.6 Å². The Kier molecular flexibility index (Phi) is 5.05. The molecule has 6 rings (SSSR count). The number of rotatable bonds is 5. The van der Waals surface area contributed by atoms with Crippen molar-refractivity contribution < 1.29 is 23.8 Å². The van der Waals surface area contributed by atoms with Crippen LogP contribution in [0.2, 0.25) is 0 Å². The minimum Gasteiger partial charge on any atom is -0.468 e. The average molecular weight is 482 g/mol. The van der Waals surface area contributed by atoms with Crippen LogP contribution in [-0.4, -0.2) is 43.8 Å². The van der Waals surface area contributed by atoms with Gasteiger partial charge < -0.3 is 19.1 Å². The number of benzene rings is 3. The fourth-order valence-corrected chi connectivity index (χ4v) is 6.88. The van der Waals surface area contributed by atoms with Crippen molar-refractivity contribution in [3.05, 3.63) is 120 Å². The molecule has 36 heavy (non-hydrogen) atoms. The van der Waals surface area contributed by atoms with E-state index in [0.717, 1.165) is 22.3 Å². The predicted molar refractivity (Wildman–Crippen MR) is 133 cm³/mol. The normalized spacial score (nSPS) is 29.4. The average Bonchev–Trinajstić information content (AvgIpc) is 3.57. The highest BCUT2D eigenvalue weighted by molar-refractivity contribution is 5.86. The van der Waals surface area contributed by atoms with Crippen LogP contribution in [0.5, 0.6) is 0 Å². The Balaban J connectivity index is 1.68. The van der Waals surface area contributed by atoms with Crippen LogP contribution in [0.3, 0.4) is 0 Å². The van der Waals surface area contributed by atoms with Gasteiger partial charge in [0.25, 0.3) is 0 Å². The SMILES string of the molecule is C=CCOC(=O)N1C[C@H]2[C@]3(c4ccccc4)O[C@@](c4ccccc4)(c4ccccc43)[C@@]2(C(=O)OC)C1. The van der Waals surface area contributed by atoms with E-state index in [-0.39, 0.29) is 19.7 Å². The lowest BCUT2D eigenvalue weighted by atomic mass is 9.53. The first-order valence-electron chi connectivity index (χ1n) is 12.1. The first-order valence-corrected chi connectivity index (χ1v) is 12.1. The van der Waals surface area contributed by atoms with Crippen molar-refractivity contribution in [1.82, 2.24) is 4.90 Å². The molecule has 3 aliphatic rings. The van der Waals surface area contributed by atoms with E-state index in [2.05, 4.69) is 12.6 Å². The predicted octanol–water partition coefficient (Wildman–Crippen LogP) is 4.63. The molecule has 0 aromatic heterocycles. The molecule has 0 radical (unpaired) electrons. The summed E-state index contributed by atoms with van der Waals surface area (Å²) in [7, 11) is 1.40. The van der Waals surface area contributed by atoms with Gasteiger partial charge in [-0.3, -0.25) is 4.79 Å². The van der Waals surface area contributed by atoms with Crippen molar-refractivity contribution in [3.8, 4) is 0 Å². The molecule has 2 fully saturated rings. The summed E-state index contributed by atoms with van der Waals surface area (Å²) in [6.45, 7) is 4.13. The lowest BCUT2D eigenvalue weighted by molar-refractivity contribution is -0.163. The van der Waals surface area contributed by atoms with E-state index in [1.54, 1.807) is 4.90 Å². The highest BCUT2D eigenvalue weighted by Gasteiger charge is 2.83. The molecule has 1 amide bonds. The lowest BCUT2D eigenvalue weighted by Crippen LogP contribution is -2.55. The molecule has 3 aromatic carbocycles. The van der Waals surface area contributed by atoms with E-state index in [1.807, 2.05) is 78.9 Å². The Morgan fingerprint density at radius 1 is 0.972 bits per heavy atom. The molecule has 3 heterocycles. The zero-order valence-corrected chi connectivity index (χ0v) is 20.1. The van der Waals surface area contributed by atoms with Crippen molar-refractivity contribution in [2.24, 2.45) is 11.3 Å². The molecule has 0 N–H and O–H groups in total. The van der Waals surface area contributed by atoms with Crippen LogP contribution in [0.1, 0.15) is 22.3 Å². The number of hydrogen-bond acceptors (Lipinski definition) is 5. The Hall–Kier alpha value is -3.90. The molecule has 0 aliphatic carbocycles. The maximum atomic E-state index is 14.1. The zero-order valence-electron chi connectivity index (χ0n) is 20.1. The highest BCUT2D eigenvalue weighted by Crippen LogP contribution is 2.75. The minimum atomic E-state index is -1.19. The molecule has 6 nitrogen and oxygen atoms in total. The number of nitrogens with zero attached hydrogens (tertiary/aromatic N) is 1. The van der Waals surface area contributed by atoms with Crippen molar-refractivity contribution in [2.75, 3.05) is 26.8 Å². The van der Waals surface area contributed by atoms with Crippen LogP contribution in [0.25, 0.3) is 0 Å². The van der Waals surface area contributed by atoms with Crippen LogP contribution in [0.4, 0.5) is 4.79 Å². The van der Waals surface area contributed by atoms with Gasteiger partial charge in [-0.2, -0.15) is 0 Å². The number of amides is 1. The minimum absolute atomic E-state index is 0.0929. The Labute approximate surface area is 210 Å². The van der Waals surface area contributed by atoms with Gasteiger partial charge in [0, 0.05) is 19.0 Å². The molecular formula is C30H27NO5. The van der Waals surface area contributed by atoms with Crippen molar-refractivity contribution in [3.63, 3.8) is 0 Å². The topological polar surface area (TPSA) is 65.1 Å². The van der Waals surface area contributed by atoms with Crippen LogP contribution in [0, 0.1) is 11.3 Å². The standard InChI is InChI=1S/C30H27NO5/c1-3-18-35-27(33)31-19-25-28(20-31,26(32)34-2)30(22-14-8-5-9-15-22)24-17-11-10-16-23(24)29(25,36-30)21-12-6-4-7-13-21/h3-17,25H,1,18-20H2,2H3/t25-,28+,29-,30+/m1/s1. The summed E-state index contributed by atoms with van der Waals surface area (Å²) in [4.78, 5) is 28.8. The van der Waals surface area contributed by atoms with Gasteiger partial charge in [-0.05, 0) is 22.3 Å². The summed E-state index contributed by atoms with van der Waals surface area (Å²) >= 11 is 0. The van der Waals surface area contributed by atoms with Crippen LogP contribution in [-0.2, 0) is 30.2 Å². The summed E-state index contributed by atoms with van der Waals surface area (Å²) < 4.78 is 18.2. The number of methoxy groups -OCH3 is 1. The van der Waals surface area contributed by atoms with E-state index >= 15 is 0 Å². The molecule has 4 atom stereocenters. The lowest BCUT2D eigenvalue weighted by Gasteiger charge is -2.44. The van der Waals surface area contributed by atoms with Gasteiger partial charge in [-0.25, -0.2) is 4.79 Å². The number of esters is 1. The molecular weight excluding hydrogens is 454 g/mol. The number of ether oxygens (including phenoxy) is 3. The first kappa shape index (κ1) is 22.6. The molecule has 2 bridgehead atoms. The quantitative estimate of drug-likeness (QED) is 0.393. The number of hydrogen-bond donors (Lipinski definition) is 0.